The zero-order valence-electron chi connectivity index (χ0n) is 8.33. The molecule has 1 atom stereocenters. The second-order valence-corrected chi connectivity index (χ2v) is 2.84. The zero-order valence-corrected chi connectivity index (χ0v) is 8.33. The number of rotatable bonds is 6. The summed E-state index contributed by atoms with van der Waals surface area (Å²) in [6.07, 6.45) is 0.545. The van der Waals surface area contributed by atoms with Gasteiger partial charge in [0, 0.05) is 13.5 Å². The number of Topliss-reactive ketones (excluding diaryl/α,β-unsaturated/α-hetero) is 1. The Kier molecular flexibility index (Phi) is 6.14. The molecule has 0 aromatic heterocycles. The van der Waals surface area contributed by atoms with Gasteiger partial charge in [0.15, 0.2) is 0 Å². The Balaban J connectivity index is 3.78. The highest BCUT2D eigenvalue weighted by Crippen LogP contribution is 1.97. The number of ketones is 1. The predicted octanol–water partition coefficient (Wildman–Crippen LogP) is 0.934. The minimum Gasteiger partial charge on any atom is -0.454 e. The highest BCUT2D eigenvalue weighted by atomic mass is 16.6. The van der Waals surface area contributed by atoms with Crippen molar-refractivity contribution in [2.75, 3.05) is 13.7 Å². The summed E-state index contributed by atoms with van der Waals surface area (Å²) in [4.78, 5) is 22.0. The topological polar surface area (TPSA) is 52.6 Å². The van der Waals surface area contributed by atoms with Crippen molar-refractivity contribution >= 4 is 11.8 Å². The number of methoxy groups -OCH3 is 1. The Hall–Kier alpha value is -0.900. The van der Waals surface area contributed by atoms with Crippen molar-refractivity contribution in [1.29, 1.82) is 0 Å². The van der Waals surface area contributed by atoms with Gasteiger partial charge in [-0.2, -0.15) is 0 Å². The Labute approximate surface area is 78.2 Å². The first-order valence-electron chi connectivity index (χ1n) is 4.34. The normalized spacial score (nSPS) is 12.2. The molecule has 0 aromatic rings. The largest absolute Gasteiger partial charge is 0.454 e. The van der Waals surface area contributed by atoms with Gasteiger partial charge in [-0.05, 0) is 13.3 Å². The third-order valence-corrected chi connectivity index (χ3v) is 1.41. The van der Waals surface area contributed by atoms with Crippen molar-refractivity contribution < 1.29 is 19.1 Å². The highest BCUT2D eigenvalue weighted by Gasteiger charge is 2.16. The molecule has 0 N–H and O–H groups in total. The quantitative estimate of drug-likeness (QED) is 0.459. The molecule has 0 saturated carbocycles. The lowest BCUT2D eigenvalue weighted by Crippen LogP contribution is -2.25. The fourth-order valence-electron chi connectivity index (χ4n) is 0.846. The molecule has 0 saturated heterocycles. The monoisotopic (exact) mass is 188 g/mol. The molecule has 0 radical (unpaired) electrons. The van der Waals surface area contributed by atoms with E-state index in [0.717, 1.165) is 0 Å². The van der Waals surface area contributed by atoms with Gasteiger partial charge in [-0.3, -0.25) is 4.79 Å². The van der Waals surface area contributed by atoms with Gasteiger partial charge in [0.25, 0.3) is 0 Å². The summed E-state index contributed by atoms with van der Waals surface area (Å²) < 4.78 is 9.55. The van der Waals surface area contributed by atoms with Crippen LogP contribution in [0.15, 0.2) is 0 Å². The number of carbonyl (C=O) groups excluding carboxylic acids is 2. The smallest absolute Gasteiger partial charge is 0.374 e. The lowest BCUT2D eigenvalue weighted by molar-refractivity contribution is -0.159. The molecule has 1 unspecified atom stereocenters. The third kappa shape index (κ3) is 5.36. The highest BCUT2D eigenvalue weighted by molar-refractivity contribution is 6.33. The van der Waals surface area contributed by atoms with E-state index in [2.05, 4.69) is 0 Å². The Morgan fingerprint density at radius 1 is 1.38 bits per heavy atom. The van der Waals surface area contributed by atoms with E-state index in [-0.39, 0.29) is 12.5 Å². The van der Waals surface area contributed by atoms with Crippen molar-refractivity contribution in [2.24, 2.45) is 0 Å². The fraction of sp³-hybridized carbons (Fsp3) is 0.778. The van der Waals surface area contributed by atoms with Crippen LogP contribution in [0, 0.1) is 0 Å². The number of carbonyl (C=O) groups is 2. The Bertz CT molecular complexity index is 176. The van der Waals surface area contributed by atoms with E-state index in [9.17, 15) is 9.59 Å². The molecule has 0 aromatic carbocycles. The van der Waals surface area contributed by atoms with Gasteiger partial charge in [0.2, 0.25) is 5.78 Å². The average Bonchev–Trinajstić information content (AvgIpc) is 2.05. The van der Waals surface area contributed by atoms with E-state index in [1.807, 2.05) is 6.92 Å². The van der Waals surface area contributed by atoms with E-state index >= 15 is 0 Å². The first-order valence-corrected chi connectivity index (χ1v) is 4.34. The molecule has 0 heterocycles. The maximum absolute atomic E-state index is 11.0. The minimum atomic E-state index is -0.758. The lowest BCUT2D eigenvalue weighted by atomic mass is 10.2. The Morgan fingerprint density at radius 2 is 2.00 bits per heavy atom. The van der Waals surface area contributed by atoms with Crippen molar-refractivity contribution in [3.63, 3.8) is 0 Å². The number of ether oxygens (including phenoxy) is 2. The van der Waals surface area contributed by atoms with Crippen molar-refractivity contribution in [3.05, 3.63) is 0 Å². The maximum Gasteiger partial charge on any atom is 0.374 e. The summed E-state index contributed by atoms with van der Waals surface area (Å²) in [6.45, 7) is 3.83. The van der Waals surface area contributed by atoms with E-state index in [1.165, 1.54) is 7.11 Å². The molecular formula is C9H16O4. The fourth-order valence-corrected chi connectivity index (χ4v) is 0.846. The molecular weight excluding hydrogens is 172 g/mol. The SMILES string of the molecule is CCCC(=O)C(=O)OC(C)COC. The van der Waals surface area contributed by atoms with Crippen molar-refractivity contribution in [1.82, 2.24) is 0 Å². The molecule has 0 aliphatic rings. The lowest BCUT2D eigenvalue weighted by Gasteiger charge is -2.10. The third-order valence-electron chi connectivity index (χ3n) is 1.41. The predicted molar refractivity (Wildman–Crippen MR) is 47.3 cm³/mol. The molecule has 0 aliphatic carbocycles. The zero-order chi connectivity index (χ0) is 10.3. The summed E-state index contributed by atoms with van der Waals surface area (Å²) >= 11 is 0. The number of hydrogen-bond donors (Lipinski definition) is 0. The first kappa shape index (κ1) is 12.1. The van der Waals surface area contributed by atoms with Gasteiger partial charge < -0.3 is 9.47 Å². The summed E-state index contributed by atoms with van der Waals surface area (Å²) in [5, 5.41) is 0. The summed E-state index contributed by atoms with van der Waals surface area (Å²) in [7, 11) is 1.51. The summed E-state index contributed by atoms with van der Waals surface area (Å²) in [5.41, 5.74) is 0. The average molecular weight is 188 g/mol. The standard InChI is InChI=1S/C9H16O4/c1-4-5-8(10)9(11)13-7(2)6-12-3/h7H,4-6H2,1-3H3. The molecule has 0 aliphatic heterocycles. The van der Waals surface area contributed by atoms with Crippen LogP contribution >= 0.6 is 0 Å². The van der Waals surface area contributed by atoms with Gasteiger partial charge in [-0.15, -0.1) is 0 Å². The molecule has 0 rings (SSSR count). The molecule has 76 valence electrons. The second kappa shape index (κ2) is 6.60. The van der Waals surface area contributed by atoms with Gasteiger partial charge in [0.05, 0.1) is 6.61 Å². The molecule has 13 heavy (non-hydrogen) atoms. The van der Waals surface area contributed by atoms with Crippen molar-refractivity contribution in [2.45, 2.75) is 32.8 Å². The van der Waals surface area contributed by atoms with Crippen LogP contribution in [0.25, 0.3) is 0 Å². The van der Waals surface area contributed by atoms with E-state index in [0.29, 0.717) is 13.0 Å². The molecule has 4 heteroatoms. The van der Waals surface area contributed by atoms with Gasteiger partial charge in [-0.25, -0.2) is 4.79 Å². The van der Waals surface area contributed by atoms with Crippen LogP contribution in [0.4, 0.5) is 0 Å². The van der Waals surface area contributed by atoms with Crippen LogP contribution < -0.4 is 0 Å². The molecule has 4 nitrogen and oxygen atoms in total. The Morgan fingerprint density at radius 3 is 2.46 bits per heavy atom. The van der Waals surface area contributed by atoms with E-state index in [1.54, 1.807) is 6.92 Å². The number of esters is 1. The first-order chi connectivity index (χ1) is 6.11. The summed E-state index contributed by atoms with van der Waals surface area (Å²) in [5.74, 6) is -1.23. The molecule has 0 bridgehead atoms. The van der Waals surface area contributed by atoms with Crippen molar-refractivity contribution in [3.8, 4) is 0 Å². The van der Waals surface area contributed by atoms with Gasteiger partial charge in [-0.1, -0.05) is 6.92 Å². The second-order valence-electron chi connectivity index (χ2n) is 2.84. The van der Waals surface area contributed by atoms with Crippen LogP contribution in [0.5, 0.6) is 0 Å². The van der Waals surface area contributed by atoms with E-state index in [4.69, 9.17) is 9.47 Å². The maximum atomic E-state index is 11.0. The van der Waals surface area contributed by atoms with Crippen LogP contribution in [0.3, 0.4) is 0 Å². The van der Waals surface area contributed by atoms with Crippen LogP contribution in [-0.2, 0) is 19.1 Å². The van der Waals surface area contributed by atoms with Crippen LogP contribution in [0.1, 0.15) is 26.7 Å². The van der Waals surface area contributed by atoms with Gasteiger partial charge >= 0.3 is 5.97 Å². The molecule has 0 spiro atoms. The minimum absolute atomic E-state index is 0.249. The van der Waals surface area contributed by atoms with Crippen LogP contribution in [-0.4, -0.2) is 31.6 Å². The molecule has 0 fully saturated rings. The number of hydrogen-bond acceptors (Lipinski definition) is 4. The summed E-state index contributed by atoms with van der Waals surface area (Å²) in [6, 6.07) is 0. The van der Waals surface area contributed by atoms with E-state index < -0.39 is 11.8 Å². The van der Waals surface area contributed by atoms with Gasteiger partial charge in [0.1, 0.15) is 6.10 Å². The molecule has 0 amide bonds. The van der Waals surface area contributed by atoms with Crippen LogP contribution in [0.2, 0.25) is 0 Å².